The average molecular weight is 384 g/mol. The van der Waals surface area contributed by atoms with Gasteiger partial charge in [0.2, 0.25) is 0 Å². The second-order valence-corrected chi connectivity index (χ2v) is 7.32. The summed E-state index contributed by atoms with van der Waals surface area (Å²) in [5.41, 5.74) is 1.17. The van der Waals surface area contributed by atoms with Crippen molar-refractivity contribution in [2.45, 2.75) is 38.7 Å². The van der Waals surface area contributed by atoms with Gasteiger partial charge in [-0.3, -0.25) is 0 Å². The summed E-state index contributed by atoms with van der Waals surface area (Å²) >= 11 is 0. The van der Waals surface area contributed by atoms with E-state index in [-0.39, 0.29) is 0 Å². The summed E-state index contributed by atoms with van der Waals surface area (Å²) < 4.78 is 17.3. The highest BCUT2D eigenvalue weighted by Gasteiger charge is 2.08. The molecule has 1 aliphatic heterocycles. The number of hydrogen-bond donors (Lipinski definition) is 0. The van der Waals surface area contributed by atoms with Crippen molar-refractivity contribution in [2.75, 3.05) is 39.5 Å². The van der Waals surface area contributed by atoms with E-state index >= 15 is 0 Å². The Morgan fingerprint density at radius 1 is 0.679 bits per heavy atom. The van der Waals surface area contributed by atoms with Crippen molar-refractivity contribution in [3.8, 4) is 11.5 Å². The van der Waals surface area contributed by atoms with Gasteiger partial charge in [0.15, 0.2) is 0 Å². The molecule has 0 atom stereocenters. The summed E-state index contributed by atoms with van der Waals surface area (Å²) in [4.78, 5) is 2.56. The van der Waals surface area contributed by atoms with Crippen LogP contribution in [0.15, 0.2) is 54.6 Å². The molecule has 0 bridgehead atoms. The van der Waals surface area contributed by atoms with Crippen molar-refractivity contribution in [3.63, 3.8) is 0 Å². The fourth-order valence-electron chi connectivity index (χ4n) is 3.40. The van der Waals surface area contributed by atoms with Crippen molar-refractivity contribution in [1.82, 2.24) is 4.90 Å². The molecule has 28 heavy (non-hydrogen) atoms. The van der Waals surface area contributed by atoms with Crippen LogP contribution in [0.4, 0.5) is 0 Å². The van der Waals surface area contributed by atoms with Crippen molar-refractivity contribution in [1.29, 1.82) is 0 Å². The zero-order valence-corrected chi connectivity index (χ0v) is 16.9. The van der Waals surface area contributed by atoms with Crippen LogP contribution < -0.4 is 9.47 Å². The van der Waals surface area contributed by atoms with Gasteiger partial charge in [0.25, 0.3) is 0 Å². The molecule has 3 rings (SSSR count). The Kier molecular flexibility index (Phi) is 9.18. The van der Waals surface area contributed by atoms with Gasteiger partial charge in [-0.05, 0) is 62.2 Å². The lowest BCUT2D eigenvalue weighted by Crippen LogP contribution is -2.31. The summed E-state index contributed by atoms with van der Waals surface area (Å²) in [6, 6.07) is 18.0. The maximum Gasteiger partial charge on any atom is 0.120 e. The Hall–Kier alpha value is -2.04. The number of piperidine rings is 1. The van der Waals surface area contributed by atoms with Gasteiger partial charge in [-0.15, -0.1) is 0 Å². The summed E-state index contributed by atoms with van der Waals surface area (Å²) in [6.45, 7) is 6.58. The minimum atomic E-state index is 0.580. The zero-order valence-electron chi connectivity index (χ0n) is 16.9. The van der Waals surface area contributed by atoms with E-state index in [0.29, 0.717) is 13.2 Å². The van der Waals surface area contributed by atoms with Crippen LogP contribution in [0.5, 0.6) is 11.5 Å². The standard InChI is InChI=1S/C24H33NO3/c1-3-9-22(10-4-1)21-28-24-13-11-23(12-14-24)27-20-8-19-26-18-7-17-25-15-5-2-6-16-25/h1,3-4,9-14H,2,5-8,15-21H2. The molecule has 152 valence electrons. The Morgan fingerprint density at radius 3 is 2.11 bits per heavy atom. The smallest absolute Gasteiger partial charge is 0.120 e. The summed E-state index contributed by atoms with van der Waals surface area (Å²) in [7, 11) is 0. The summed E-state index contributed by atoms with van der Waals surface area (Å²) in [5.74, 6) is 1.73. The molecule has 1 aliphatic rings. The van der Waals surface area contributed by atoms with Gasteiger partial charge in [-0.1, -0.05) is 36.8 Å². The molecule has 2 aromatic carbocycles. The third-order valence-corrected chi connectivity index (χ3v) is 4.99. The van der Waals surface area contributed by atoms with E-state index in [0.717, 1.165) is 37.6 Å². The Bertz CT molecular complexity index is 639. The molecule has 1 heterocycles. The molecule has 4 heteroatoms. The maximum absolute atomic E-state index is 5.79. The highest BCUT2D eigenvalue weighted by Crippen LogP contribution is 2.19. The first-order chi connectivity index (χ1) is 13.9. The molecule has 1 saturated heterocycles. The SMILES string of the molecule is c1ccc(COc2ccc(OCCCOCCCN3CCCCC3)cc2)cc1. The largest absolute Gasteiger partial charge is 0.494 e. The van der Waals surface area contributed by atoms with Gasteiger partial charge in [0.1, 0.15) is 18.1 Å². The molecule has 2 aromatic rings. The molecule has 0 amide bonds. The van der Waals surface area contributed by atoms with Crippen molar-refractivity contribution < 1.29 is 14.2 Å². The fourth-order valence-corrected chi connectivity index (χ4v) is 3.40. The van der Waals surface area contributed by atoms with Crippen LogP contribution in [0, 0.1) is 0 Å². The van der Waals surface area contributed by atoms with Gasteiger partial charge in [0.05, 0.1) is 6.61 Å². The molecule has 0 radical (unpaired) electrons. The zero-order chi connectivity index (χ0) is 19.3. The third-order valence-electron chi connectivity index (χ3n) is 4.99. The monoisotopic (exact) mass is 383 g/mol. The number of rotatable bonds is 12. The minimum Gasteiger partial charge on any atom is -0.494 e. The number of hydrogen-bond acceptors (Lipinski definition) is 4. The van der Waals surface area contributed by atoms with Crippen LogP contribution in [0.1, 0.15) is 37.7 Å². The molecular formula is C24H33NO3. The van der Waals surface area contributed by atoms with E-state index in [1.54, 1.807) is 0 Å². The van der Waals surface area contributed by atoms with Gasteiger partial charge in [0, 0.05) is 26.2 Å². The van der Waals surface area contributed by atoms with Gasteiger partial charge in [-0.25, -0.2) is 0 Å². The number of nitrogens with zero attached hydrogens (tertiary/aromatic N) is 1. The molecule has 0 N–H and O–H groups in total. The normalized spacial score (nSPS) is 14.7. The van der Waals surface area contributed by atoms with Gasteiger partial charge < -0.3 is 19.1 Å². The molecular weight excluding hydrogens is 350 g/mol. The lowest BCUT2D eigenvalue weighted by Gasteiger charge is -2.26. The average Bonchev–Trinajstić information content (AvgIpc) is 2.76. The van der Waals surface area contributed by atoms with E-state index in [9.17, 15) is 0 Å². The third kappa shape index (κ3) is 7.91. The van der Waals surface area contributed by atoms with Crippen LogP contribution in [-0.4, -0.2) is 44.4 Å². The Labute approximate surface area is 169 Å². The Balaban J connectivity index is 1.20. The number of benzene rings is 2. The van der Waals surface area contributed by atoms with Crippen molar-refractivity contribution in [2.24, 2.45) is 0 Å². The molecule has 0 aromatic heterocycles. The second-order valence-electron chi connectivity index (χ2n) is 7.32. The summed E-state index contributed by atoms with van der Waals surface area (Å²) in [5, 5.41) is 0. The fraction of sp³-hybridized carbons (Fsp3) is 0.500. The molecule has 0 spiro atoms. The molecule has 4 nitrogen and oxygen atoms in total. The van der Waals surface area contributed by atoms with E-state index in [4.69, 9.17) is 14.2 Å². The lowest BCUT2D eigenvalue weighted by atomic mass is 10.1. The van der Waals surface area contributed by atoms with Crippen molar-refractivity contribution >= 4 is 0 Å². The van der Waals surface area contributed by atoms with E-state index < -0.39 is 0 Å². The van der Waals surface area contributed by atoms with E-state index in [1.165, 1.54) is 44.5 Å². The first kappa shape index (κ1) is 20.7. The first-order valence-corrected chi connectivity index (χ1v) is 10.6. The van der Waals surface area contributed by atoms with Crippen molar-refractivity contribution in [3.05, 3.63) is 60.2 Å². The minimum absolute atomic E-state index is 0.580. The van der Waals surface area contributed by atoms with Crippen LogP contribution >= 0.6 is 0 Å². The quantitative estimate of drug-likeness (QED) is 0.487. The highest BCUT2D eigenvalue weighted by atomic mass is 16.5. The van der Waals surface area contributed by atoms with Crippen LogP contribution in [0.3, 0.4) is 0 Å². The van der Waals surface area contributed by atoms with Crippen LogP contribution in [0.25, 0.3) is 0 Å². The highest BCUT2D eigenvalue weighted by molar-refractivity contribution is 5.31. The molecule has 0 aliphatic carbocycles. The van der Waals surface area contributed by atoms with Crippen LogP contribution in [0.2, 0.25) is 0 Å². The van der Waals surface area contributed by atoms with Gasteiger partial charge in [-0.2, -0.15) is 0 Å². The first-order valence-electron chi connectivity index (χ1n) is 10.6. The predicted octanol–water partition coefficient (Wildman–Crippen LogP) is 4.93. The summed E-state index contributed by atoms with van der Waals surface area (Å²) in [6.07, 6.45) is 6.16. The molecule has 0 unspecified atom stereocenters. The topological polar surface area (TPSA) is 30.9 Å². The van der Waals surface area contributed by atoms with E-state index in [2.05, 4.69) is 17.0 Å². The van der Waals surface area contributed by atoms with Gasteiger partial charge >= 0.3 is 0 Å². The number of likely N-dealkylation sites (tertiary alicyclic amines) is 1. The predicted molar refractivity (Wildman–Crippen MR) is 113 cm³/mol. The van der Waals surface area contributed by atoms with Crippen LogP contribution in [-0.2, 0) is 11.3 Å². The number of ether oxygens (including phenoxy) is 3. The molecule has 1 fully saturated rings. The Morgan fingerprint density at radius 2 is 1.36 bits per heavy atom. The van der Waals surface area contributed by atoms with E-state index in [1.807, 2.05) is 42.5 Å². The second kappa shape index (κ2) is 12.4. The molecule has 0 saturated carbocycles. The maximum atomic E-state index is 5.79. The lowest BCUT2D eigenvalue weighted by molar-refractivity contribution is 0.105.